The van der Waals surface area contributed by atoms with Gasteiger partial charge in [-0.2, -0.15) is 0 Å². The van der Waals surface area contributed by atoms with Gasteiger partial charge in [0.1, 0.15) is 0 Å². The standard InChI is InChI=1S/C14H22N2/c1-14(2)8-5-7-12(10-14)16-11-13-6-3-4-9-15-13/h3-4,6,9,12,16H,5,7-8,10-11H2,1-2H3. The largest absolute Gasteiger partial charge is 0.308 e. The molecule has 1 aromatic rings. The predicted molar refractivity (Wildman–Crippen MR) is 67.1 cm³/mol. The maximum absolute atomic E-state index is 4.34. The molecule has 1 unspecified atom stereocenters. The van der Waals surface area contributed by atoms with E-state index < -0.39 is 0 Å². The van der Waals surface area contributed by atoms with E-state index in [1.54, 1.807) is 0 Å². The van der Waals surface area contributed by atoms with Crippen LogP contribution in [0.25, 0.3) is 0 Å². The summed E-state index contributed by atoms with van der Waals surface area (Å²) in [5.41, 5.74) is 1.66. The van der Waals surface area contributed by atoms with Crippen molar-refractivity contribution in [1.82, 2.24) is 10.3 Å². The highest BCUT2D eigenvalue weighted by molar-refractivity contribution is 5.03. The third kappa shape index (κ3) is 3.31. The second-order valence-electron chi connectivity index (χ2n) is 5.66. The minimum Gasteiger partial charge on any atom is -0.308 e. The van der Waals surface area contributed by atoms with Crippen molar-refractivity contribution in [1.29, 1.82) is 0 Å². The van der Waals surface area contributed by atoms with Crippen molar-refractivity contribution < 1.29 is 0 Å². The summed E-state index contributed by atoms with van der Waals surface area (Å²) in [6, 6.07) is 6.77. The molecule has 1 atom stereocenters. The van der Waals surface area contributed by atoms with E-state index in [9.17, 15) is 0 Å². The van der Waals surface area contributed by atoms with Gasteiger partial charge in [-0.3, -0.25) is 4.98 Å². The summed E-state index contributed by atoms with van der Waals surface area (Å²) in [5, 5.41) is 3.63. The van der Waals surface area contributed by atoms with Crippen LogP contribution < -0.4 is 5.32 Å². The molecule has 0 saturated heterocycles. The van der Waals surface area contributed by atoms with Crippen molar-refractivity contribution in [3.05, 3.63) is 30.1 Å². The molecule has 1 saturated carbocycles. The van der Waals surface area contributed by atoms with E-state index in [1.807, 2.05) is 12.3 Å². The lowest BCUT2D eigenvalue weighted by Crippen LogP contribution is -2.37. The fourth-order valence-electron chi connectivity index (χ4n) is 2.62. The van der Waals surface area contributed by atoms with Gasteiger partial charge < -0.3 is 5.32 Å². The first kappa shape index (κ1) is 11.6. The zero-order chi connectivity index (χ0) is 11.4. The van der Waals surface area contributed by atoms with Crippen LogP contribution in [0, 0.1) is 5.41 Å². The monoisotopic (exact) mass is 218 g/mol. The Morgan fingerprint density at radius 2 is 2.31 bits per heavy atom. The molecule has 1 heterocycles. The van der Waals surface area contributed by atoms with E-state index >= 15 is 0 Å². The molecule has 0 aliphatic heterocycles. The second kappa shape index (κ2) is 4.96. The summed E-state index contributed by atoms with van der Waals surface area (Å²) in [5.74, 6) is 0. The summed E-state index contributed by atoms with van der Waals surface area (Å²) < 4.78 is 0. The minimum absolute atomic E-state index is 0.514. The average Bonchev–Trinajstić information content (AvgIpc) is 2.27. The SMILES string of the molecule is CC1(C)CCCC(NCc2ccccn2)C1. The van der Waals surface area contributed by atoms with Crippen molar-refractivity contribution in [3.8, 4) is 0 Å². The van der Waals surface area contributed by atoms with Crippen LogP contribution in [0.2, 0.25) is 0 Å². The van der Waals surface area contributed by atoms with E-state index in [0.717, 1.165) is 12.2 Å². The molecule has 2 heteroatoms. The van der Waals surface area contributed by atoms with E-state index in [0.29, 0.717) is 11.5 Å². The Bertz CT molecular complexity index is 319. The van der Waals surface area contributed by atoms with Crippen LogP contribution in [0.5, 0.6) is 0 Å². The zero-order valence-corrected chi connectivity index (χ0v) is 10.4. The van der Waals surface area contributed by atoms with Crippen LogP contribution in [-0.4, -0.2) is 11.0 Å². The van der Waals surface area contributed by atoms with Crippen LogP contribution in [0.3, 0.4) is 0 Å². The predicted octanol–water partition coefficient (Wildman–Crippen LogP) is 3.14. The lowest BCUT2D eigenvalue weighted by molar-refractivity contribution is 0.197. The smallest absolute Gasteiger partial charge is 0.0541 e. The molecular formula is C14H22N2. The number of hydrogen-bond acceptors (Lipinski definition) is 2. The second-order valence-corrected chi connectivity index (χ2v) is 5.66. The van der Waals surface area contributed by atoms with Gasteiger partial charge in [-0.1, -0.05) is 26.3 Å². The van der Waals surface area contributed by atoms with Crippen LogP contribution in [0.15, 0.2) is 24.4 Å². The van der Waals surface area contributed by atoms with Gasteiger partial charge >= 0.3 is 0 Å². The van der Waals surface area contributed by atoms with Crippen LogP contribution in [0.1, 0.15) is 45.2 Å². The molecular weight excluding hydrogens is 196 g/mol. The van der Waals surface area contributed by atoms with Gasteiger partial charge in [0.25, 0.3) is 0 Å². The number of nitrogens with zero attached hydrogens (tertiary/aromatic N) is 1. The highest BCUT2D eigenvalue weighted by Crippen LogP contribution is 2.35. The Kier molecular flexibility index (Phi) is 3.59. The summed E-state index contributed by atoms with van der Waals surface area (Å²) in [6.07, 6.45) is 7.19. The van der Waals surface area contributed by atoms with Crippen molar-refractivity contribution in [2.45, 2.75) is 52.1 Å². The van der Waals surface area contributed by atoms with E-state index in [2.05, 4.69) is 36.3 Å². The molecule has 0 spiro atoms. The maximum Gasteiger partial charge on any atom is 0.0541 e. The van der Waals surface area contributed by atoms with Crippen molar-refractivity contribution in [3.63, 3.8) is 0 Å². The van der Waals surface area contributed by atoms with E-state index in [4.69, 9.17) is 0 Å². The highest BCUT2D eigenvalue weighted by Gasteiger charge is 2.27. The lowest BCUT2D eigenvalue weighted by atomic mass is 9.75. The molecule has 1 aromatic heterocycles. The van der Waals surface area contributed by atoms with Gasteiger partial charge in [0, 0.05) is 18.8 Å². The number of hydrogen-bond donors (Lipinski definition) is 1. The molecule has 1 aliphatic rings. The first-order valence-corrected chi connectivity index (χ1v) is 6.29. The fraction of sp³-hybridized carbons (Fsp3) is 0.643. The van der Waals surface area contributed by atoms with Gasteiger partial charge in [-0.25, -0.2) is 0 Å². The molecule has 0 aromatic carbocycles. The first-order valence-electron chi connectivity index (χ1n) is 6.29. The maximum atomic E-state index is 4.34. The third-order valence-electron chi connectivity index (χ3n) is 3.50. The lowest BCUT2D eigenvalue weighted by Gasteiger charge is -2.35. The topological polar surface area (TPSA) is 24.9 Å². The number of aromatic nitrogens is 1. The molecule has 0 bridgehead atoms. The molecule has 88 valence electrons. The molecule has 0 amide bonds. The van der Waals surface area contributed by atoms with Gasteiger partial charge in [0.2, 0.25) is 0 Å². The average molecular weight is 218 g/mol. The fourth-order valence-corrected chi connectivity index (χ4v) is 2.62. The summed E-state index contributed by atoms with van der Waals surface area (Å²) in [6.45, 7) is 5.66. The van der Waals surface area contributed by atoms with Gasteiger partial charge in [0.05, 0.1) is 5.69 Å². The number of pyridine rings is 1. The molecule has 16 heavy (non-hydrogen) atoms. The van der Waals surface area contributed by atoms with Crippen molar-refractivity contribution in [2.75, 3.05) is 0 Å². The quantitative estimate of drug-likeness (QED) is 0.843. The van der Waals surface area contributed by atoms with Gasteiger partial charge in [0.15, 0.2) is 0 Å². The van der Waals surface area contributed by atoms with Gasteiger partial charge in [-0.15, -0.1) is 0 Å². The normalized spacial score (nSPS) is 24.2. The molecule has 0 radical (unpaired) electrons. The van der Waals surface area contributed by atoms with Crippen molar-refractivity contribution in [2.24, 2.45) is 5.41 Å². The van der Waals surface area contributed by atoms with E-state index in [1.165, 1.54) is 25.7 Å². The molecule has 1 aliphatic carbocycles. The Labute approximate surface area is 98.5 Å². The minimum atomic E-state index is 0.514. The summed E-state index contributed by atoms with van der Waals surface area (Å²) in [7, 11) is 0. The molecule has 1 fully saturated rings. The summed E-state index contributed by atoms with van der Waals surface area (Å²) in [4.78, 5) is 4.34. The third-order valence-corrected chi connectivity index (χ3v) is 3.50. The number of nitrogens with one attached hydrogen (secondary N) is 1. The highest BCUT2D eigenvalue weighted by atomic mass is 14.9. The van der Waals surface area contributed by atoms with Gasteiger partial charge in [-0.05, 0) is 36.8 Å². The Hall–Kier alpha value is -0.890. The Morgan fingerprint density at radius 3 is 3.00 bits per heavy atom. The number of rotatable bonds is 3. The molecule has 2 rings (SSSR count). The van der Waals surface area contributed by atoms with E-state index in [-0.39, 0.29) is 0 Å². The van der Waals surface area contributed by atoms with Crippen LogP contribution >= 0.6 is 0 Å². The summed E-state index contributed by atoms with van der Waals surface area (Å²) >= 11 is 0. The molecule has 2 nitrogen and oxygen atoms in total. The zero-order valence-electron chi connectivity index (χ0n) is 10.4. The van der Waals surface area contributed by atoms with Crippen LogP contribution in [-0.2, 0) is 6.54 Å². The molecule has 1 N–H and O–H groups in total. The first-order chi connectivity index (χ1) is 7.66. The Balaban J connectivity index is 1.82. The Morgan fingerprint density at radius 1 is 1.44 bits per heavy atom. The van der Waals surface area contributed by atoms with Crippen molar-refractivity contribution >= 4 is 0 Å². The van der Waals surface area contributed by atoms with Crippen LogP contribution in [0.4, 0.5) is 0 Å².